The molecule has 0 spiro atoms. The van der Waals surface area contributed by atoms with E-state index < -0.39 is 12.2 Å². The van der Waals surface area contributed by atoms with E-state index in [1.54, 1.807) is 31.4 Å². The Hall–Kier alpha value is -2.31. The average Bonchev–Trinajstić information content (AvgIpc) is 3.11. The number of ether oxygens (including phenoxy) is 2. The SMILES string of the molecule is CC.CC.CCC(O)CC(O)COc1c2ccccc2c(OC)c2ccccc12.Oc1c2ccccc2c(O)c2ccccc12.[CH3-].[CH3-].[Y].[Y]. The maximum Gasteiger partial charge on any atom is 0.135 e. The smallest absolute Gasteiger partial charge is 0.135 e. The van der Waals surface area contributed by atoms with Crippen LogP contribution in [-0.2, 0) is 65.4 Å². The van der Waals surface area contributed by atoms with E-state index in [1.807, 2.05) is 107 Å². The monoisotopic (exact) mass is 818 g/mol. The molecule has 0 aliphatic heterocycles. The van der Waals surface area contributed by atoms with Crippen LogP contribution in [0.1, 0.15) is 47.5 Å². The van der Waals surface area contributed by atoms with Crippen molar-refractivity contribution >= 4 is 43.1 Å². The first-order valence-corrected chi connectivity index (χ1v) is 15.7. The fourth-order valence-corrected chi connectivity index (χ4v) is 5.23. The van der Waals surface area contributed by atoms with Gasteiger partial charge in [0.1, 0.15) is 29.6 Å². The van der Waals surface area contributed by atoms with E-state index in [0.29, 0.717) is 34.4 Å². The maximum atomic E-state index is 10.1. The number of aromatic hydroxyl groups is 2. The van der Waals surface area contributed by atoms with E-state index in [2.05, 4.69) is 0 Å². The van der Waals surface area contributed by atoms with Gasteiger partial charge in [-0.05, 0) is 6.42 Å². The minimum atomic E-state index is -0.713. The molecule has 0 bridgehead atoms. The summed E-state index contributed by atoms with van der Waals surface area (Å²) in [6, 6.07) is 30.4. The van der Waals surface area contributed by atoms with Gasteiger partial charge < -0.3 is 44.8 Å². The van der Waals surface area contributed by atoms with E-state index in [9.17, 15) is 20.4 Å². The van der Waals surface area contributed by atoms with Crippen LogP contribution >= 0.6 is 0 Å². The van der Waals surface area contributed by atoms with Crippen molar-refractivity contribution in [1.29, 1.82) is 0 Å². The molecule has 49 heavy (non-hydrogen) atoms. The molecular formula is C41H52O6Y2-2. The average molecular weight is 819 g/mol. The number of aliphatic hydroxyl groups excluding tert-OH is 2. The Bertz CT molecular complexity index is 1650. The Morgan fingerprint density at radius 2 is 0.796 bits per heavy atom. The summed E-state index contributed by atoms with van der Waals surface area (Å²) in [5.41, 5.74) is 0. The molecule has 0 amide bonds. The van der Waals surface area contributed by atoms with Gasteiger partial charge in [-0.2, -0.15) is 0 Å². The molecule has 6 aromatic carbocycles. The molecule has 0 fully saturated rings. The van der Waals surface area contributed by atoms with E-state index in [4.69, 9.17) is 9.47 Å². The van der Waals surface area contributed by atoms with Crippen molar-refractivity contribution in [1.82, 2.24) is 0 Å². The Morgan fingerprint density at radius 3 is 1.08 bits per heavy atom. The van der Waals surface area contributed by atoms with Crippen LogP contribution in [0, 0.1) is 14.9 Å². The van der Waals surface area contributed by atoms with E-state index in [-0.39, 0.29) is 98.4 Å². The zero-order valence-corrected chi connectivity index (χ0v) is 36.0. The molecule has 6 nitrogen and oxygen atoms in total. The van der Waals surface area contributed by atoms with Crippen LogP contribution in [0.15, 0.2) is 97.1 Å². The third-order valence-corrected chi connectivity index (χ3v) is 7.35. The quantitative estimate of drug-likeness (QED) is 0.0728. The Morgan fingerprint density at radius 1 is 0.510 bits per heavy atom. The Kier molecular flexibility index (Phi) is 24.7. The zero-order chi connectivity index (χ0) is 32.9. The van der Waals surface area contributed by atoms with Crippen LogP contribution in [0.2, 0.25) is 0 Å². The number of benzene rings is 6. The molecule has 2 radical (unpaired) electrons. The third kappa shape index (κ3) is 11.6. The summed E-state index contributed by atoms with van der Waals surface area (Å²) in [7, 11) is 1.67. The van der Waals surface area contributed by atoms with Crippen molar-refractivity contribution in [2.45, 2.75) is 59.7 Å². The predicted molar refractivity (Wildman–Crippen MR) is 201 cm³/mol. The topological polar surface area (TPSA) is 99.4 Å². The van der Waals surface area contributed by atoms with Gasteiger partial charge in [0.15, 0.2) is 0 Å². The van der Waals surface area contributed by atoms with E-state index >= 15 is 0 Å². The molecule has 4 N–H and O–H groups in total. The molecular weight excluding hydrogens is 766 g/mol. The summed E-state index contributed by atoms with van der Waals surface area (Å²) in [6.45, 7) is 10.0. The molecule has 0 saturated heterocycles. The summed E-state index contributed by atoms with van der Waals surface area (Å²) in [5.74, 6) is 2.01. The molecule has 0 aromatic heterocycles. The van der Waals surface area contributed by atoms with Gasteiger partial charge in [0, 0.05) is 115 Å². The van der Waals surface area contributed by atoms with Gasteiger partial charge in [-0.1, -0.05) is 132 Å². The largest absolute Gasteiger partial charge is 0.507 e. The first-order chi connectivity index (χ1) is 21.9. The molecule has 6 rings (SSSR count). The summed E-state index contributed by atoms with van der Waals surface area (Å²) < 4.78 is 11.7. The first-order valence-electron chi connectivity index (χ1n) is 15.7. The van der Waals surface area contributed by atoms with Crippen molar-refractivity contribution < 1.29 is 95.3 Å². The summed E-state index contributed by atoms with van der Waals surface area (Å²) >= 11 is 0. The summed E-state index contributed by atoms with van der Waals surface area (Å²) in [5, 5.41) is 46.7. The molecule has 6 aromatic rings. The van der Waals surface area contributed by atoms with Gasteiger partial charge in [-0.15, -0.1) is 0 Å². The number of methoxy groups -OCH3 is 1. The standard InChI is InChI=1S/C21H24O4.C14H10O2.2C2H6.2CH3.2Y/c1-3-14(22)12-15(23)13-25-21-18-10-6-4-8-16(18)20(24-2)17-9-5-7-11-19(17)21;15-13-9-5-1-2-6-10(9)14(16)12-8-4-3-7-11(12)13;2*1-2;;;;/h4-11,14-15,22-23H,3,12-13H2,1-2H3;1-8,15-16H;2*1-2H3;2*1H3;;/q;;;;2*-1;;. The first kappa shape index (κ1) is 48.8. The molecule has 0 saturated carbocycles. The number of phenolic OH excluding ortho intramolecular Hbond substituents is 2. The number of hydrogen-bond donors (Lipinski definition) is 4. The van der Waals surface area contributed by atoms with Crippen LogP contribution in [0.4, 0.5) is 0 Å². The Labute approximate surface area is 343 Å². The fraction of sp³-hybridized carbons (Fsp3) is 0.268. The van der Waals surface area contributed by atoms with Crippen LogP contribution < -0.4 is 9.47 Å². The van der Waals surface area contributed by atoms with Crippen LogP contribution in [-0.4, -0.2) is 46.4 Å². The molecule has 0 aliphatic carbocycles. The van der Waals surface area contributed by atoms with Crippen molar-refractivity contribution in [2.24, 2.45) is 0 Å². The van der Waals surface area contributed by atoms with E-state index in [0.717, 1.165) is 33.0 Å². The van der Waals surface area contributed by atoms with E-state index in [1.165, 1.54) is 0 Å². The van der Waals surface area contributed by atoms with Gasteiger partial charge in [0.2, 0.25) is 0 Å². The van der Waals surface area contributed by atoms with Crippen molar-refractivity contribution in [2.75, 3.05) is 13.7 Å². The molecule has 8 heteroatoms. The third-order valence-electron chi connectivity index (χ3n) is 7.35. The van der Waals surface area contributed by atoms with Crippen molar-refractivity contribution in [3.05, 3.63) is 112 Å². The second-order valence-corrected chi connectivity index (χ2v) is 10.0. The van der Waals surface area contributed by atoms with Gasteiger partial charge >= 0.3 is 0 Å². The van der Waals surface area contributed by atoms with Crippen LogP contribution in [0.3, 0.4) is 0 Å². The minimum absolute atomic E-state index is 0. The number of hydrogen-bond acceptors (Lipinski definition) is 6. The number of phenols is 2. The van der Waals surface area contributed by atoms with Crippen molar-refractivity contribution in [3.8, 4) is 23.0 Å². The fourth-order valence-electron chi connectivity index (χ4n) is 5.23. The molecule has 260 valence electrons. The second-order valence-electron chi connectivity index (χ2n) is 10.0. The number of rotatable bonds is 7. The summed E-state index contributed by atoms with van der Waals surface area (Å²) in [4.78, 5) is 0. The summed E-state index contributed by atoms with van der Waals surface area (Å²) in [6.07, 6.45) is -0.300. The van der Waals surface area contributed by atoms with Gasteiger partial charge in [0.05, 0.1) is 19.3 Å². The molecule has 0 aliphatic rings. The molecule has 2 unspecified atom stereocenters. The maximum absolute atomic E-state index is 10.1. The van der Waals surface area contributed by atoms with Gasteiger partial charge in [0.25, 0.3) is 0 Å². The molecule has 0 heterocycles. The number of aliphatic hydroxyl groups is 2. The Balaban J connectivity index is 0. The predicted octanol–water partition coefficient (Wildman–Crippen LogP) is 10.3. The minimum Gasteiger partial charge on any atom is -0.507 e. The normalized spacial score (nSPS) is 10.9. The molecule has 2 atom stereocenters. The number of fused-ring (bicyclic) bond motifs is 4. The van der Waals surface area contributed by atoms with Crippen LogP contribution in [0.5, 0.6) is 23.0 Å². The van der Waals surface area contributed by atoms with Gasteiger partial charge in [-0.25, -0.2) is 0 Å². The zero-order valence-electron chi connectivity index (χ0n) is 30.3. The van der Waals surface area contributed by atoms with Gasteiger partial charge in [-0.3, -0.25) is 0 Å². The second kappa shape index (κ2) is 24.8. The van der Waals surface area contributed by atoms with Crippen molar-refractivity contribution in [3.63, 3.8) is 0 Å². The van der Waals surface area contributed by atoms with Crippen LogP contribution in [0.25, 0.3) is 43.1 Å².